The van der Waals surface area contributed by atoms with Crippen LogP contribution in [0.1, 0.15) is 41.3 Å². The monoisotopic (exact) mass is 284 g/mol. The topological polar surface area (TPSA) is 35.5 Å². The molecule has 0 N–H and O–H groups in total. The maximum atomic E-state index is 10.9. The van der Waals surface area contributed by atoms with E-state index in [0.717, 1.165) is 23.3 Å². The Hall–Kier alpha value is -2.29. The lowest BCUT2D eigenvalue weighted by molar-refractivity contribution is 0.112. The molecule has 0 atom stereocenters. The SMILES string of the molecule is COc1ccc(C=O)cc1COc1ccccc1C(C)C. The predicted molar refractivity (Wildman–Crippen MR) is 83.2 cm³/mol. The van der Waals surface area contributed by atoms with Gasteiger partial charge in [-0.2, -0.15) is 0 Å². The van der Waals surface area contributed by atoms with Crippen molar-refractivity contribution in [2.75, 3.05) is 7.11 Å². The highest BCUT2D eigenvalue weighted by Gasteiger charge is 2.09. The van der Waals surface area contributed by atoms with Gasteiger partial charge in [0.25, 0.3) is 0 Å². The fourth-order valence-corrected chi connectivity index (χ4v) is 2.23. The van der Waals surface area contributed by atoms with Crippen LogP contribution in [0.3, 0.4) is 0 Å². The zero-order chi connectivity index (χ0) is 15.2. The summed E-state index contributed by atoms with van der Waals surface area (Å²) in [7, 11) is 1.61. The molecule has 2 rings (SSSR count). The molecule has 0 radical (unpaired) electrons. The van der Waals surface area contributed by atoms with Gasteiger partial charge in [0, 0.05) is 11.1 Å². The quantitative estimate of drug-likeness (QED) is 0.745. The standard InChI is InChI=1S/C18H20O3/c1-13(2)16-6-4-5-7-18(16)21-12-15-10-14(11-19)8-9-17(15)20-3/h4-11,13H,12H2,1-3H3. The molecule has 3 heteroatoms. The third-order valence-electron chi connectivity index (χ3n) is 3.36. The first-order valence-electron chi connectivity index (χ1n) is 6.99. The molecule has 2 aromatic carbocycles. The minimum Gasteiger partial charge on any atom is -0.496 e. The van der Waals surface area contributed by atoms with Crippen LogP contribution < -0.4 is 9.47 Å². The molecule has 21 heavy (non-hydrogen) atoms. The number of para-hydroxylation sites is 1. The second-order valence-electron chi connectivity index (χ2n) is 5.17. The Kier molecular flexibility index (Phi) is 4.99. The van der Waals surface area contributed by atoms with Crippen LogP contribution in [0.5, 0.6) is 11.5 Å². The Labute approximate surface area is 125 Å². The molecule has 0 aromatic heterocycles. The van der Waals surface area contributed by atoms with Crippen LogP contribution >= 0.6 is 0 Å². The van der Waals surface area contributed by atoms with Crippen molar-refractivity contribution in [1.82, 2.24) is 0 Å². The summed E-state index contributed by atoms with van der Waals surface area (Å²) in [6, 6.07) is 13.3. The van der Waals surface area contributed by atoms with Crippen molar-refractivity contribution in [3.8, 4) is 11.5 Å². The number of aldehydes is 1. The first-order chi connectivity index (χ1) is 10.2. The third-order valence-corrected chi connectivity index (χ3v) is 3.36. The third kappa shape index (κ3) is 3.63. The van der Waals surface area contributed by atoms with Gasteiger partial charge < -0.3 is 9.47 Å². The van der Waals surface area contributed by atoms with Gasteiger partial charge >= 0.3 is 0 Å². The molecule has 0 aliphatic carbocycles. The highest BCUT2D eigenvalue weighted by Crippen LogP contribution is 2.28. The van der Waals surface area contributed by atoms with E-state index < -0.39 is 0 Å². The van der Waals surface area contributed by atoms with E-state index in [1.165, 1.54) is 5.56 Å². The number of hydrogen-bond acceptors (Lipinski definition) is 3. The number of hydrogen-bond donors (Lipinski definition) is 0. The van der Waals surface area contributed by atoms with Crippen LogP contribution in [0.15, 0.2) is 42.5 Å². The molecule has 0 saturated heterocycles. The van der Waals surface area contributed by atoms with Gasteiger partial charge in [-0.25, -0.2) is 0 Å². The van der Waals surface area contributed by atoms with E-state index in [4.69, 9.17) is 9.47 Å². The molecular weight excluding hydrogens is 264 g/mol. The van der Waals surface area contributed by atoms with Crippen LogP contribution in [0.4, 0.5) is 0 Å². The minimum absolute atomic E-state index is 0.370. The molecule has 0 bridgehead atoms. The fourth-order valence-electron chi connectivity index (χ4n) is 2.23. The molecule has 110 valence electrons. The van der Waals surface area contributed by atoms with E-state index in [2.05, 4.69) is 19.9 Å². The zero-order valence-corrected chi connectivity index (χ0v) is 12.6. The van der Waals surface area contributed by atoms with Crippen LogP contribution in [0.25, 0.3) is 0 Å². The van der Waals surface area contributed by atoms with Crippen molar-refractivity contribution in [2.24, 2.45) is 0 Å². The number of ether oxygens (including phenoxy) is 2. The molecule has 2 aromatic rings. The molecule has 0 aliphatic heterocycles. The number of carbonyl (C=O) groups excluding carboxylic acids is 1. The van der Waals surface area contributed by atoms with Gasteiger partial charge in [0.05, 0.1) is 7.11 Å². The van der Waals surface area contributed by atoms with Gasteiger partial charge in [0.2, 0.25) is 0 Å². The van der Waals surface area contributed by atoms with Crippen LogP contribution in [-0.4, -0.2) is 13.4 Å². The Bertz CT molecular complexity index is 618. The van der Waals surface area contributed by atoms with Crippen molar-refractivity contribution in [3.05, 3.63) is 59.2 Å². The second kappa shape index (κ2) is 6.93. The van der Waals surface area contributed by atoms with E-state index in [-0.39, 0.29) is 0 Å². The molecule has 3 nitrogen and oxygen atoms in total. The highest BCUT2D eigenvalue weighted by molar-refractivity contribution is 5.75. The minimum atomic E-state index is 0.370. The summed E-state index contributed by atoms with van der Waals surface area (Å²) in [5.41, 5.74) is 2.65. The molecule has 0 saturated carbocycles. The van der Waals surface area contributed by atoms with Crippen molar-refractivity contribution < 1.29 is 14.3 Å². The van der Waals surface area contributed by atoms with Gasteiger partial charge in [-0.1, -0.05) is 32.0 Å². The smallest absolute Gasteiger partial charge is 0.150 e. The predicted octanol–water partition coefficient (Wildman–Crippen LogP) is 4.21. The summed E-state index contributed by atoms with van der Waals surface area (Å²) < 4.78 is 11.2. The van der Waals surface area contributed by atoms with E-state index in [9.17, 15) is 4.79 Å². The molecule has 0 amide bonds. The van der Waals surface area contributed by atoms with Gasteiger partial charge in [-0.05, 0) is 35.7 Å². The van der Waals surface area contributed by atoms with Crippen LogP contribution in [0.2, 0.25) is 0 Å². The maximum Gasteiger partial charge on any atom is 0.150 e. The lowest BCUT2D eigenvalue weighted by Crippen LogP contribution is -2.02. The average molecular weight is 284 g/mol. The van der Waals surface area contributed by atoms with Crippen molar-refractivity contribution in [2.45, 2.75) is 26.4 Å². The fraction of sp³-hybridized carbons (Fsp3) is 0.278. The summed E-state index contributed by atoms with van der Waals surface area (Å²) in [4.78, 5) is 10.9. The Morgan fingerprint density at radius 3 is 2.52 bits per heavy atom. The zero-order valence-electron chi connectivity index (χ0n) is 12.6. The highest BCUT2D eigenvalue weighted by atomic mass is 16.5. The van der Waals surface area contributed by atoms with Gasteiger partial charge in [-0.15, -0.1) is 0 Å². The summed E-state index contributed by atoms with van der Waals surface area (Å²) in [5, 5.41) is 0. The average Bonchev–Trinajstić information content (AvgIpc) is 2.52. The summed E-state index contributed by atoms with van der Waals surface area (Å²) >= 11 is 0. The van der Waals surface area contributed by atoms with Gasteiger partial charge in [0.15, 0.2) is 0 Å². The van der Waals surface area contributed by atoms with E-state index in [0.29, 0.717) is 18.1 Å². The Balaban J connectivity index is 2.22. The van der Waals surface area contributed by atoms with E-state index in [1.807, 2.05) is 18.2 Å². The first-order valence-corrected chi connectivity index (χ1v) is 6.99. The molecule has 0 fully saturated rings. The summed E-state index contributed by atoms with van der Waals surface area (Å²) in [6.07, 6.45) is 0.824. The van der Waals surface area contributed by atoms with Gasteiger partial charge in [-0.3, -0.25) is 4.79 Å². The summed E-state index contributed by atoms with van der Waals surface area (Å²) in [5.74, 6) is 1.98. The number of carbonyl (C=O) groups is 1. The molecule has 0 aliphatic rings. The Morgan fingerprint density at radius 1 is 1.10 bits per heavy atom. The molecule has 0 heterocycles. The first kappa shape index (κ1) is 15.1. The van der Waals surface area contributed by atoms with Crippen molar-refractivity contribution >= 4 is 6.29 Å². The van der Waals surface area contributed by atoms with Crippen LogP contribution in [-0.2, 0) is 6.61 Å². The maximum absolute atomic E-state index is 10.9. The molecule has 0 spiro atoms. The number of rotatable bonds is 6. The van der Waals surface area contributed by atoms with Gasteiger partial charge in [0.1, 0.15) is 24.4 Å². The number of methoxy groups -OCH3 is 1. The van der Waals surface area contributed by atoms with Crippen molar-refractivity contribution in [1.29, 1.82) is 0 Å². The molecule has 0 unspecified atom stereocenters. The van der Waals surface area contributed by atoms with E-state index in [1.54, 1.807) is 25.3 Å². The largest absolute Gasteiger partial charge is 0.496 e. The van der Waals surface area contributed by atoms with Crippen LogP contribution in [0, 0.1) is 0 Å². The lowest BCUT2D eigenvalue weighted by Gasteiger charge is -2.15. The molecular formula is C18H20O3. The number of benzene rings is 2. The van der Waals surface area contributed by atoms with Crippen molar-refractivity contribution in [3.63, 3.8) is 0 Å². The second-order valence-corrected chi connectivity index (χ2v) is 5.17. The van der Waals surface area contributed by atoms with E-state index >= 15 is 0 Å². The lowest BCUT2D eigenvalue weighted by atomic mass is 10.0. The summed E-state index contributed by atoms with van der Waals surface area (Å²) in [6.45, 7) is 4.64. The Morgan fingerprint density at radius 2 is 1.86 bits per heavy atom. The normalized spacial score (nSPS) is 10.5.